The Kier molecular flexibility index (Phi) is 7.47. The SMILES string of the molecule is COc1ccc(-c2nc3c(C(=O)N4CCN([C@@H](CO)c5ccccc5)C[C@H]4C)cnn3c(C(F)(F)F)c2F)cc1. The molecule has 12 heteroatoms. The molecule has 2 atom stereocenters. The van der Waals surface area contributed by atoms with E-state index in [2.05, 4.69) is 15.0 Å². The summed E-state index contributed by atoms with van der Waals surface area (Å²) in [6.07, 6.45) is -4.11. The summed E-state index contributed by atoms with van der Waals surface area (Å²) in [5, 5.41) is 13.8. The van der Waals surface area contributed by atoms with Crippen molar-refractivity contribution >= 4 is 11.6 Å². The highest BCUT2D eigenvalue weighted by Gasteiger charge is 2.41. The quantitative estimate of drug-likeness (QED) is 0.353. The molecule has 3 heterocycles. The Labute approximate surface area is 227 Å². The standard InChI is InChI=1S/C28H27F4N5O3/c1-17-15-35(22(16-38)18-6-4-3-5-7-18)12-13-36(17)27(39)21-14-33-37-25(28(30,31)32)23(29)24(34-26(21)37)19-8-10-20(40-2)11-9-19/h3-11,14,17,22,38H,12-13,15-16H2,1-2H3/t17-,22+/m1/s1. The average Bonchev–Trinajstić information content (AvgIpc) is 3.36. The number of alkyl halides is 3. The second kappa shape index (κ2) is 10.9. The normalized spacial score (nSPS) is 17.3. The fraction of sp³-hybridized carbons (Fsp3) is 0.321. The van der Waals surface area contributed by atoms with Crippen LogP contribution in [-0.2, 0) is 6.18 Å². The van der Waals surface area contributed by atoms with Crippen molar-refractivity contribution in [2.75, 3.05) is 33.4 Å². The summed E-state index contributed by atoms with van der Waals surface area (Å²) in [6.45, 7) is 2.84. The van der Waals surface area contributed by atoms with Crippen LogP contribution in [0.2, 0.25) is 0 Å². The van der Waals surface area contributed by atoms with E-state index in [4.69, 9.17) is 4.74 Å². The first-order valence-electron chi connectivity index (χ1n) is 12.6. The van der Waals surface area contributed by atoms with Crippen LogP contribution in [0.4, 0.5) is 17.6 Å². The van der Waals surface area contributed by atoms with Gasteiger partial charge in [-0.2, -0.15) is 18.3 Å². The van der Waals surface area contributed by atoms with Gasteiger partial charge in [-0.1, -0.05) is 30.3 Å². The van der Waals surface area contributed by atoms with Crippen molar-refractivity contribution in [3.8, 4) is 17.0 Å². The molecule has 210 valence electrons. The van der Waals surface area contributed by atoms with E-state index in [9.17, 15) is 23.1 Å². The Morgan fingerprint density at radius 2 is 1.82 bits per heavy atom. The lowest BCUT2D eigenvalue weighted by atomic mass is 10.0. The topological polar surface area (TPSA) is 83.2 Å². The molecule has 40 heavy (non-hydrogen) atoms. The van der Waals surface area contributed by atoms with Gasteiger partial charge in [-0.25, -0.2) is 13.9 Å². The number of hydrogen-bond donors (Lipinski definition) is 1. The molecule has 1 fully saturated rings. The third-order valence-corrected chi connectivity index (χ3v) is 7.17. The van der Waals surface area contributed by atoms with Gasteiger partial charge in [0.1, 0.15) is 17.0 Å². The number of amides is 1. The van der Waals surface area contributed by atoms with Crippen molar-refractivity contribution < 1.29 is 32.2 Å². The lowest BCUT2D eigenvalue weighted by Gasteiger charge is -2.43. The molecule has 0 unspecified atom stereocenters. The maximum absolute atomic E-state index is 15.3. The third kappa shape index (κ3) is 5.00. The summed E-state index contributed by atoms with van der Waals surface area (Å²) < 4.78 is 62.8. The van der Waals surface area contributed by atoms with Crippen molar-refractivity contribution in [3.05, 3.63) is 83.4 Å². The van der Waals surface area contributed by atoms with Gasteiger partial charge in [-0.3, -0.25) is 9.69 Å². The zero-order valence-corrected chi connectivity index (χ0v) is 21.8. The van der Waals surface area contributed by atoms with Gasteiger partial charge in [-0.15, -0.1) is 0 Å². The molecule has 2 aromatic carbocycles. The molecule has 1 aliphatic rings. The third-order valence-electron chi connectivity index (χ3n) is 7.17. The number of halogens is 4. The zero-order chi connectivity index (χ0) is 28.6. The van der Waals surface area contributed by atoms with Crippen molar-refractivity contribution in [3.63, 3.8) is 0 Å². The van der Waals surface area contributed by atoms with Gasteiger partial charge in [0, 0.05) is 31.2 Å². The molecule has 0 spiro atoms. The predicted octanol–water partition coefficient (Wildman–Crippen LogP) is 4.44. The summed E-state index contributed by atoms with van der Waals surface area (Å²) in [7, 11) is 1.43. The fourth-order valence-electron chi connectivity index (χ4n) is 5.14. The summed E-state index contributed by atoms with van der Waals surface area (Å²) >= 11 is 0. The van der Waals surface area contributed by atoms with E-state index in [1.165, 1.54) is 36.3 Å². The summed E-state index contributed by atoms with van der Waals surface area (Å²) in [5.74, 6) is -1.72. The van der Waals surface area contributed by atoms with Crippen LogP contribution < -0.4 is 4.74 Å². The number of aromatic nitrogens is 3. The van der Waals surface area contributed by atoms with Crippen LogP contribution in [-0.4, -0.2) is 74.8 Å². The van der Waals surface area contributed by atoms with E-state index in [0.29, 0.717) is 23.4 Å². The van der Waals surface area contributed by atoms with E-state index in [1.807, 2.05) is 37.3 Å². The number of carbonyl (C=O) groups excluding carboxylic acids is 1. The molecule has 0 radical (unpaired) electrons. The fourth-order valence-corrected chi connectivity index (χ4v) is 5.14. The molecule has 1 N–H and O–H groups in total. The number of hydrogen-bond acceptors (Lipinski definition) is 6. The number of carbonyl (C=O) groups is 1. The van der Waals surface area contributed by atoms with E-state index in [-0.39, 0.29) is 36.4 Å². The molecule has 8 nitrogen and oxygen atoms in total. The molecule has 1 amide bonds. The average molecular weight is 558 g/mol. The first-order chi connectivity index (χ1) is 19.1. The van der Waals surface area contributed by atoms with Gasteiger partial charge in [0.05, 0.1) is 26.0 Å². The van der Waals surface area contributed by atoms with Gasteiger partial charge >= 0.3 is 6.18 Å². The van der Waals surface area contributed by atoms with Gasteiger partial charge in [0.15, 0.2) is 17.2 Å². The Balaban J connectivity index is 1.49. The van der Waals surface area contributed by atoms with Crippen molar-refractivity contribution in [1.29, 1.82) is 0 Å². The largest absolute Gasteiger partial charge is 0.497 e. The monoisotopic (exact) mass is 557 g/mol. The lowest BCUT2D eigenvalue weighted by Crippen LogP contribution is -2.55. The molecule has 0 aliphatic carbocycles. The van der Waals surface area contributed by atoms with Crippen molar-refractivity contribution in [1.82, 2.24) is 24.4 Å². The van der Waals surface area contributed by atoms with Gasteiger partial charge in [0.2, 0.25) is 0 Å². The minimum absolute atomic E-state index is 0.0869. The molecular formula is C28H27F4N5O3. The van der Waals surface area contributed by atoms with Crippen LogP contribution in [0.3, 0.4) is 0 Å². The van der Waals surface area contributed by atoms with E-state index >= 15 is 4.39 Å². The maximum atomic E-state index is 15.3. The number of nitrogens with zero attached hydrogens (tertiary/aromatic N) is 5. The number of rotatable bonds is 6. The molecular weight excluding hydrogens is 530 g/mol. The molecule has 5 rings (SSSR count). The zero-order valence-electron chi connectivity index (χ0n) is 21.8. The first-order valence-corrected chi connectivity index (χ1v) is 12.6. The van der Waals surface area contributed by atoms with Crippen LogP contribution in [0.5, 0.6) is 5.75 Å². The van der Waals surface area contributed by atoms with Crippen LogP contribution >= 0.6 is 0 Å². The smallest absolute Gasteiger partial charge is 0.436 e. The van der Waals surface area contributed by atoms with Crippen molar-refractivity contribution in [2.45, 2.75) is 25.2 Å². The number of aliphatic hydroxyl groups excluding tert-OH is 1. The second-order valence-electron chi connectivity index (χ2n) is 9.59. The minimum atomic E-state index is -5.10. The molecule has 4 aromatic rings. The van der Waals surface area contributed by atoms with E-state index in [1.54, 1.807) is 0 Å². The maximum Gasteiger partial charge on any atom is 0.436 e. The predicted molar refractivity (Wildman–Crippen MR) is 138 cm³/mol. The van der Waals surface area contributed by atoms with Gasteiger partial charge in [0.25, 0.3) is 5.91 Å². The van der Waals surface area contributed by atoms with E-state index in [0.717, 1.165) is 11.8 Å². The van der Waals surface area contributed by atoms with Gasteiger partial charge in [-0.05, 0) is 36.8 Å². The number of methoxy groups -OCH3 is 1. The molecule has 0 saturated carbocycles. The number of piperazine rings is 1. The summed E-state index contributed by atoms with van der Waals surface area (Å²) in [4.78, 5) is 21.4. The summed E-state index contributed by atoms with van der Waals surface area (Å²) in [5.41, 5.74) is -1.73. The Morgan fingerprint density at radius 3 is 2.42 bits per heavy atom. The van der Waals surface area contributed by atoms with Crippen LogP contribution in [0.25, 0.3) is 16.9 Å². The molecule has 1 saturated heterocycles. The summed E-state index contributed by atoms with van der Waals surface area (Å²) in [6, 6.07) is 14.7. The van der Waals surface area contributed by atoms with Crippen LogP contribution in [0, 0.1) is 5.82 Å². The molecule has 0 bridgehead atoms. The molecule has 1 aliphatic heterocycles. The first kappa shape index (κ1) is 27.5. The lowest BCUT2D eigenvalue weighted by molar-refractivity contribution is -0.145. The number of benzene rings is 2. The Morgan fingerprint density at radius 1 is 1.12 bits per heavy atom. The number of aliphatic hydroxyl groups is 1. The highest BCUT2D eigenvalue weighted by molar-refractivity contribution is 6.00. The van der Waals surface area contributed by atoms with Crippen LogP contribution in [0.15, 0.2) is 60.8 Å². The second-order valence-corrected chi connectivity index (χ2v) is 9.59. The highest BCUT2D eigenvalue weighted by Crippen LogP contribution is 2.36. The highest BCUT2D eigenvalue weighted by atomic mass is 19.4. The van der Waals surface area contributed by atoms with Gasteiger partial charge < -0.3 is 14.7 Å². The minimum Gasteiger partial charge on any atom is -0.497 e. The Bertz CT molecular complexity index is 1510. The van der Waals surface area contributed by atoms with E-state index < -0.39 is 34.9 Å². The number of fused-ring (bicyclic) bond motifs is 1. The van der Waals surface area contributed by atoms with Crippen LogP contribution in [0.1, 0.15) is 34.6 Å². The van der Waals surface area contributed by atoms with Crippen molar-refractivity contribution in [2.24, 2.45) is 0 Å². The molecule has 2 aromatic heterocycles. The number of ether oxygens (including phenoxy) is 1. The Hall–Kier alpha value is -4.03.